The Kier molecular flexibility index (Phi) is 7.41. The van der Waals surface area contributed by atoms with E-state index in [4.69, 9.17) is 9.72 Å². The highest BCUT2D eigenvalue weighted by Gasteiger charge is 2.38. The lowest BCUT2D eigenvalue weighted by molar-refractivity contribution is -0.153. The second kappa shape index (κ2) is 10.8. The number of carbonyl (C=O) groups excluding carboxylic acids is 1. The van der Waals surface area contributed by atoms with Gasteiger partial charge in [-0.05, 0) is 44.0 Å². The van der Waals surface area contributed by atoms with Gasteiger partial charge in [0.1, 0.15) is 12.0 Å². The fraction of sp³-hybridized carbons (Fsp3) is 0.407. The van der Waals surface area contributed by atoms with Gasteiger partial charge in [-0.2, -0.15) is 23.1 Å². The van der Waals surface area contributed by atoms with Crippen molar-refractivity contribution in [1.82, 2.24) is 24.9 Å². The topological polar surface area (TPSA) is 121 Å². The van der Waals surface area contributed by atoms with Crippen LogP contribution in [0.2, 0.25) is 0 Å². The van der Waals surface area contributed by atoms with Gasteiger partial charge in [0.15, 0.2) is 12.4 Å². The number of aryl methyl sites for hydroxylation is 1. The number of carbonyl (C=O) groups is 1. The van der Waals surface area contributed by atoms with Crippen molar-refractivity contribution in [1.29, 1.82) is 0 Å². The van der Waals surface area contributed by atoms with E-state index < -0.39 is 18.7 Å². The quantitative estimate of drug-likeness (QED) is 0.366. The normalized spacial score (nSPS) is 16.0. The van der Waals surface area contributed by atoms with E-state index in [1.165, 1.54) is 12.4 Å². The molecule has 216 valence electrons. The van der Waals surface area contributed by atoms with E-state index in [1.807, 2.05) is 28.9 Å². The zero-order valence-electron chi connectivity index (χ0n) is 22.9. The van der Waals surface area contributed by atoms with E-state index in [2.05, 4.69) is 51.0 Å². The summed E-state index contributed by atoms with van der Waals surface area (Å²) in [7, 11) is 0. The third-order valence-corrected chi connectivity index (χ3v) is 6.73. The highest BCUT2D eigenvalue weighted by atomic mass is 19.4. The Bertz CT molecular complexity index is 1470. The Morgan fingerprint density at radius 3 is 2.61 bits per heavy atom. The Morgan fingerprint density at radius 1 is 1.15 bits per heavy atom. The maximum Gasteiger partial charge on any atom is 0.422 e. The maximum absolute atomic E-state index is 13.1. The molecule has 1 fully saturated rings. The zero-order chi connectivity index (χ0) is 29.4. The summed E-state index contributed by atoms with van der Waals surface area (Å²) in [5.41, 5.74) is 2.72. The smallest absolute Gasteiger partial charge is 0.422 e. The first-order chi connectivity index (χ1) is 19.4. The minimum atomic E-state index is -4.59. The van der Waals surface area contributed by atoms with E-state index in [0.717, 1.165) is 36.0 Å². The van der Waals surface area contributed by atoms with E-state index in [9.17, 15) is 18.0 Å². The third-order valence-electron chi connectivity index (χ3n) is 6.73. The predicted octanol–water partition coefficient (Wildman–Crippen LogP) is 4.81. The molecule has 3 aromatic rings. The van der Waals surface area contributed by atoms with Gasteiger partial charge in [-0.3, -0.25) is 9.78 Å². The molecule has 3 aromatic heterocycles. The van der Waals surface area contributed by atoms with Crippen LogP contribution in [0.1, 0.15) is 38.1 Å². The molecule has 5 heterocycles. The van der Waals surface area contributed by atoms with Gasteiger partial charge >= 0.3 is 6.18 Å². The summed E-state index contributed by atoms with van der Waals surface area (Å²) in [6.45, 7) is 9.84. The van der Waals surface area contributed by atoms with Gasteiger partial charge in [-0.15, -0.1) is 0 Å². The number of halogens is 3. The molecule has 14 heteroatoms. The predicted molar refractivity (Wildman–Crippen MR) is 148 cm³/mol. The SMILES string of the molecule is C=CC(=O)Nc1cc(Nc2ncnc(N3CC(C)(C)c4nc(C)ccc43)n2)c(OCC(F)(F)F)nc1N1CCCC1. The minimum absolute atomic E-state index is 0.0353. The van der Waals surface area contributed by atoms with Crippen molar-refractivity contribution in [2.75, 3.05) is 46.7 Å². The van der Waals surface area contributed by atoms with E-state index in [1.54, 1.807) is 0 Å². The van der Waals surface area contributed by atoms with E-state index >= 15 is 0 Å². The van der Waals surface area contributed by atoms with Crippen LogP contribution in [0.4, 0.5) is 47.9 Å². The second-order valence-electron chi connectivity index (χ2n) is 10.5. The Hall–Kier alpha value is -4.49. The number of amides is 1. The standard InChI is InChI=1S/C27H30F3N9O2/c1-5-20(40)34-17-12-18(23(41-14-27(28,29)30)36-22(17)38-10-6-7-11-38)35-24-31-15-32-25(37-24)39-13-26(3,4)21-19(39)9-8-16(2)33-21/h5,8-9,12,15H,1,6-7,10-11,13-14H2,2-4H3,(H,34,40)(H,31,32,35,37). The van der Waals surface area contributed by atoms with E-state index in [-0.39, 0.29) is 28.6 Å². The largest absolute Gasteiger partial charge is 0.466 e. The van der Waals surface area contributed by atoms with E-state index in [0.29, 0.717) is 31.4 Å². The number of rotatable bonds is 8. The summed E-state index contributed by atoms with van der Waals surface area (Å²) in [5, 5.41) is 5.62. The number of alkyl halides is 3. The third kappa shape index (κ3) is 6.15. The monoisotopic (exact) mass is 569 g/mol. The molecule has 2 N–H and O–H groups in total. The first-order valence-electron chi connectivity index (χ1n) is 13.1. The average Bonchev–Trinajstić information content (AvgIpc) is 3.54. The molecule has 0 atom stereocenters. The van der Waals surface area contributed by atoms with Crippen LogP contribution < -0.4 is 25.2 Å². The van der Waals surface area contributed by atoms with Crippen molar-refractivity contribution in [2.45, 2.75) is 45.2 Å². The van der Waals surface area contributed by atoms with Gasteiger partial charge < -0.3 is 25.2 Å². The highest BCUT2D eigenvalue weighted by molar-refractivity contribution is 6.01. The Morgan fingerprint density at radius 2 is 1.90 bits per heavy atom. The van der Waals surface area contributed by atoms with Gasteiger partial charge in [-0.1, -0.05) is 20.4 Å². The van der Waals surface area contributed by atoms with Crippen molar-refractivity contribution in [3.8, 4) is 5.88 Å². The zero-order valence-corrected chi connectivity index (χ0v) is 22.9. The molecule has 0 spiro atoms. The molecular formula is C27H30F3N9O2. The number of hydrogen-bond acceptors (Lipinski definition) is 10. The molecule has 0 saturated carbocycles. The minimum Gasteiger partial charge on any atom is -0.466 e. The number of ether oxygens (including phenoxy) is 1. The number of pyridine rings is 2. The molecule has 5 rings (SSSR count). The van der Waals surface area contributed by atoms with Crippen molar-refractivity contribution < 1.29 is 22.7 Å². The lowest BCUT2D eigenvalue weighted by atomic mass is 9.91. The van der Waals surface area contributed by atoms with Crippen molar-refractivity contribution in [2.24, 2.45) is 0 Å². The van der Waals surface area contributed by atoms with Crippen LogP contribution >= 0.6 is 0 Å². The molecule has 11 nitrogen and oxygen atoms in total. The van der Waals surface area contributed by atoms with Gasteiger partial charge in [-0.25, -0.2) is 9.97 Å². The number of hydrogen-bond donors (Lipinski definition) is 2. The Labute approximate surface area is 234 Å². The first kappa shape index (κ1) is 28.1. The molecule has 0 unspecified atom stereocenters. The van der Waals surface area contributed by atoms with Crippen LogP contribution in [0.3, 0.4) is 0 Å². The lowest BCUT2D eigenvalue weighted by Gasteiger charge is -2.23. The Balaban J connectivity index is 1.52. The first-order valence-corrected chi connectivity index (χ1v) is 13.1. The van der Waals surface area contributed by atoms with Crippen LogP contribution in [0, 0.1) is 6.92 Å². The number of aromatic nitrogens is 5. The second-order valence-corrected chi connectivity index (χ2v) is 10.5. The summed E-state index contributed by atoms with van der Waals surface area (Å²) in [5.74, 6) is -0.121. The summed E-state index contributed by atoms with van der Waals surface area (Å²) in [6.07, 6.45) is -0.424. The van der Waals surface area contributed by atoms with Gasteiger partial charge in [0.05, 0.1) is 17.1 Å². The molecular weight excluding hydrogens is 539 g/mol. The maximum atomic E-state index is 13.1. The molecule has 1 saturated heterocycles. The number of anilines is 6. The van der Waals surface area contributed by atoms with Gasteiger partial charge in [0.25, 0.3) is 0 Å². The number of nitrogens with one attached hydrogen (secondary N) is 2. The van der Waals surface area contributed by atoms with Gasteiger partial charge in [0.2, 0.25) is 23.7 Å². The molecule has 0 aromatic carbocycles. The van der Waals surface area contributed by atoms with Crippen molar-refractivity contribution in [3.63, 3.8) is 0 Å². The molecule has 41 heavy (non-hydrogen) atoms. The number of fused-ring (bicyclic) bond motifs is 1. The summed E-state index contributed by atoms with van der Waals surface area (Å²) >= 11 is 0. The molecule has 2 aliphatic rings. The summed E-state index contributed by atoms with van der Waals surface area (Å²) < 4.78 is 44.5. The van der Waals surface area contributed by atoms with Crippen LogP contribution in [-0.2, 0) is 10.2 Å². The van der Waals surface area contributed by atoms with Crippen LogP contribution in [0.15, 0.2) is 37.2 Å². The van der Waals surface area contributed by atoms with Crippen LogP contribution in [0.5, 0.6) is 5.88 Å². The summed E-state index contributed by atoms with van der Waals surface area (Å²) in [4.78, 5) is 38.2. The van der Waals surface area contributed by atoms with Crippen LogP contribution in [-0.4, -0.2) is 63.2 Å². The van der Waals surface area contributed by atoms with Crippen molar-refractivity contribution in [3.05, 3.63) is 48.6 Å². The highest BCUT2D eigenvalue weighted by Crippen LogP contribution is 2.42. The molecule has 0 radical (unpaired) electrons. The van der Waals surface area contributed by atoms with Crippen molar-refractivity contribution >= 4 is 40.7 Å². The molecule has 2 aliphatic heterocycles. The molecule has 0 aliphatic carbocycles. The van der Waals surface area contributed by atoms with Gasteiger partial charge in [0, 0.05) is 30.7 Å². The fourth-order valence-electron chi connectivity index (χ4n) is 4.88. The summed E-state index contributed by atoms with van der Waals surface area (Å²) in [6, 6.07) is 5.32. The molecule has 1 amide bonds. The lowest BCUT2D eigenvalue weighted by Crippen LogP contribution is -2.26. The fourth-order valence-corrected chi connectivity index (χ4v) is 4.88. The molecule has 0 bridgehead atoms. The number of nitrogens with zero attached hydrogens (tertiary/aromatic N) is 7. The average molecular weight is 570 g/mol. The van der Waals surface area contributed by atoms with Crippen LogP contribution in [0.25, 0.3) is 0 Å².